The van der Waals surface area contributed by atoms with Gasteiger partial charge in [0.1, 0.15) is 23.3 Å². The zero-order valence-electron chi connectivity index (χ0n) is 20.1. The van der Waals surface area contributed by atoms with Crippen LogP contribution in [0, 0.1) is 0 Å². The minimum Gasteiger partial charge on any atom is -0.490 e. The molecule has 9 heteroatoms. The van der Waals surface area contributed by atoms with Gasteiger partial charge in [0.25, 0.3) is 11.5 Å². The third kappa shape index (κ3) is 3.73. The highest BCUT2D eigenvalue weighted by Crippen LogP contribution is 2.53. The van der Waals surface area contributed by atoms with Gasteiger partial charge in [0.2, 0.25) is 0 Å². The third-order valence-electron chi connectivity index (χ3n) is 7.51. The molecule has 2 aliphatic carbocycles. The Morgan fingerprint density at radius 1 is 1.34 bits per heavy atom. The van der Waals surface area contributed by atoms with E-state index in [1.807, 2.05) is 24.4 Å². The van der Waals surface area contributed by atoms with Gasteiger partial charge in [-0.15, -0.1) is 0 Å². The Balaban J connectivity index is 1.35. The molecular formula is C26H29FN4O4. The summed E-state index contributed by atoms with van der Waals surface area (Å²) >= 11 is 0. The van der Waals surface area contributed by atoms with E-state index in [4.69, 9.17) is 14.5 Å². The van der Waals surface area contributed by atoms with Crippen LogP contribution in [0.1, 0.15) is 68.5 Å². The van der Waals surface area contributed by atoms with Crippen LogP contribution in [-0.2, 0) is 10.2 Å². The molecule has 1 N–H and O–H groups in total. The zero-order valence-corrected chi connectivity index (χ0v) is 20.1. The van der Waals surface area contributed by atoms with E-state index in [0.29, 0.717) is 24.4 Å². The van der Waals surface area contributed by atoms with Crippen LogP contribution in [0.25, 0.3) is 5.65 Å². The number of ether oxygens (including phenoxy) is 2. The van der Waals surface area contributed by atoms with E-state index >= 15 is 0 Å². The van der Waals surface area contributed by atoms with Crippen molar-refractivity contribution in [3.05, 3.63) is 58.4 Å². The maximum absolute atomic E-state index is 13.5. The summed E-state index contributed by atoms with van der Waals surface area (Å²) in [5.41, 5.74) is 1.43. The molecule has 0 radical (unpaired) electrons. The minimum atomic E-state index is -1.02. The van der Waals surface area contributed by atoms with Crippen LogP contribution in [-0.4, -0.2) is 44.3 Å². The molecule has 0 spiro atoms. The summed E-state index contributed by atoms with van der Waals surface area (Å²) in [6.45, 7) is 6.58. The number of imidazole rings is 1. The number of hydrogen-bond acceptors (Lipinski definition) is 5. The summed E-state index contributed by atoms with van der Waals surface area (Å²) in [4.78, 5) is 31.0. The first-order valence-electron chi connectivity index (χ1n) is 12.2. The van der Waals surface area contributed by atoms with Gasteiger partial charge in [-0.1, -0.05) is 0 Å². The van der Waals surface area contributed by atoms with Crippen LogP contribution in [0.3, 0.4) is 0 Å². The summed E-state index contributed by atoms with van der Waals surface area (Å²) in [6, 6.07) is 4.47. The number of rotatable bonds is 6. The molecule has 2 bridgehead atoms. The number of nitrogens with one attached hydrogen (secondary N) is 1. The van der Waals surface area contributed by atoms with E-state index in [2.05, 4.69) is 12.2 Å². The van der Waals surface area contributed by atoms with E-state index in [1.54, 1.807) is 24.5 Å². The van der Waals surface area contributed by atoms with Crippen molar-refractivity contribution in [2.45, 2.75) is 75.8 Å². The number of carbonyl (C=O) groups excluding carboxylic acids is 1. The van der Waals surface area contributed by atoms with E-state index < -0.39 is 23.7 Å². The first-order chi connectivity index (χ1) is 16.7. The van der Waals surface area contributed by atoms with Crippen molar-refractivity contribution in [2.75, 3.05) is 11.9 Å². The second kappa shape index (κ2) is 7.65. The van der Waals surface area contributed by atoms with Crippen molar-refractivity contribution in [3.63, 3.8) is 0 Å². The highest BCUT2D eigenvalue weighted by atomic mass is 19.1. The molecule has 184 valence electrons. The van der Waals surface area contributed by atoms with Crippen molar-refractivity contribution in [2.24, 2.45) is 0 Å². The lowest BCUT2D eigenvalue weighted by Gasteiger charge is -2.24. The molecule has 0 aromatic carbocycles. The Morgan fingerprint density at radius 3 is 2.77 bits per heavy atom. The van der Waals surface area contributed by atoms with Gasteiger partial charge in [0.15, 0.2) is 0 Å². The quantitative estimate of drug-likeness (QED) is 0.576. The predicted molar refractivity (Wildman–Crippen MR) is 128 cm³/mol. The topological polar surface area (TPSA) is 86.9 Å². The lowest BCUT2D eigenvalue weighted by atomic mass is 9.84. The molecule has 35 heavy (non-hydrogen) atoms. The molecule has 3 fully saturated rings. The molecule has 3 aromatic rings. The molecule has 6 rings (SSSR count). The average molecular weight is 481 g/mol. The SMILES string of the molecule is CC(C)Oc1cc2nc([C@]34CC[C@](C)(C3)OC4)cn2cc1C(=O)Nc1cccn(C2C[C@@H]2F)c1=O. The van der Waals surface area contributed by atoms with Gasteiger partial charge in [-0.3, -0.25) is 9.59 Å². The third-order valence-corrected chi connectivity index (χ3v) is 7.51. The minimum absolute atomic E-state index is 0.0853. The first-order valence-corrected chi connectivity index (χ1v) is 12.2. The molecule has 1 saturated heterocycles. The van der Waals surface area contributed by atoms with Crippen molar-refractivity contribution >= 4 is 17.2 Å². The fourth-order valence-corrected chi connectivity index (χ4v) is 5.54. The summed E-state index contributed by atoms with van der Waals surface area (Å²) in [5, 5.41) is 2.71. The molecule has 1 unspecified atom stereocenters. The monoisotopic (exact) mass is 480 g/mol. The lowest BCUT2D eigenvalue weighted by molar-refractivity contribution is -0.00627. The highest BCUT2D eigenvalue weighted by molar-refractivity contribution is 6.06. The fraction of sp³-hybridized carbons (Fsp3) is 0.500. The Kier molecular flexibility index (Phi) is 4.87. The molecular weight excluding hydrogens is 451 g/mol. The lowest BCUT2D eigenvalue weighted by Crippen LogP contribution is -2.26. The molecule has 8 nitrogen and oxygen atoms in total. The Bertz CT molecular complexity index is 1390. The Hall–Kier alpha value is -3.20. The predicted octanol–water partition coefficient (Wildman–Crippen LogP) is 4.03. The van der Waals surface area contributed by atoms with Gasteiger partial charge in [0, 0.05) is 36.5 Å². The van der Waals surface area contributed by atoms with Crippen molar-refractivity contribution < 1.29 is 18.7 Å². The molecule has 4 heterocycles. The normalized spacial score (nSPS) is 29.2. The van der Waals surface area contributed by atoms with Crippen LogP contribution in [0.15, 0.2) is 41.6 Å². The summed E-state index contributed by atoms with van der Waals surface area (Å²) in [5.74, 6) is -0.0862. The van der Waals surface area contributed by atoms with Gasteiger partial charge in [-0.2, -0.15) is 0 Å². The van der Waals surface area contributed by atoms with Crippen molar-refractivity contribution in [3.8, 4) is 5.75 Å². The summed E-state index contributed by atoms with van der Waals surface area (Å²) in [7, 11) is 0. The molecule has 3 aliphatic rings. The number of hydrogen-bond donors (Lipinski definition) is 1. The van der Waals surface area contributed by atoms with Crippen LogP contribution >= 0.6 is 0 Å². The van der Waals surface area contributed by atoms with Crippen molar-refractivity contribution in [1.29, 1.82) is 0 Å². The largest absolute Gasteiger partial charge is 0.490 e. The number of fused-ring (bicyclic) bond motifs is 3. The Labute approximate surface area is 202 Å². The number of nitrogens with zero attached hydrogens (tertiary/aromatic N) is 3. The number of aromatic nitrogens is 3. The van der Waals surface area contributed by atoms with E-state index in [1.165, 1.54) is 10.6 Å². The molecule has 3 aromatic heterocycles. The number of carbonyl (C=O) groups is 1. The summed E-state index contributed by atoms with van der Waals surface area (Å²) in [6.07, 6.45) is 7.31. The number of anilines is 1. The smallest absolute Gasteiger partial charge is 0.274 e. The van der Waals surface area contributed by atoms with Crippen LogP contribution < -0.4 is 15.6 Å². The fourth-order valence-electron chi connectivity index (χ4n) is 5.54. The van der Waals surface area contributed by atoms with Crippen LogP contribution in [0.5, 0.6) is 5.75 Å². The molecule has 2 saturated carbocycles. The number of pyridine rings is 2. The number of alkyl halides is 1. The van der Waals surface area contributed by atoms with Gasteiger partial charge < -0.3 is 23.8 Å². The number of halogens is 1. The average Bonchev–Trinajstić information content (AvgIpc) is 3.12. The van der Waals surface area contributed by atoms with Crippen molar-refractivity contribution in [1.82, 2.24) is 14.0 Å². The second-order valence-electron chi connectivity index (χ2n) is 10.7. The maximum Gasteiger partial charge on any atom is 0.274 e. The van der Waals surface area contributed by atoms with Gasteiger partial charge >= 0.3 is 0 Å². The van der Waals surface area contributed by atoms with Gasteiger partial charge in [-0.05, 0) is 52.2 Å². The molecule has 1 aliphatic heterocycles. The standard InChI is InChI=1S/C26H29FN4O4/c1-15(2)35-20-10-22-29-21(26-7-6-25(3,13-26)34-14-26)12-30(22)11-16(20)23(32)28-18-5-4-8-31(24(18)33)19-9-17(19)27/h4-5,8,10-12,15,17,19H,6-7,9,13-14H2,1-3H3,(H,28,32)/t17-,19?,25+,26+/m0/s1. The van der Waals surface area contributed by atoms with Crippen LogP contribution in [0.2, 0.25) is 0 Å². The van der Waals surface area contributed by atoms with E-state index in [-0.39, 0.29) is 28.4 Å². The zero-order chi connectivity index (χ0) is 24.5. The molecule has 1 amide bonds. The van der Waals surface area contributed by atoms with Crippen LogP contribution in [0.4, 0.5) is 10.1 Å². The van der Waals surface area contributed by atoms with E-state index in [9.17, 15) is 14.0 Å². The Morgan fingerprint density at radius 2 is 2.14 bits per heavy atom. The maximum atomic E-state index is 13.5. The first kappa shape index (κ1) is 22.3. The number of amides is 1. The van der Waals surface area contributed by atoms with E-state index in [0.717, 1.165) is 25.0 Å². The molecule has 4 atom stereocenters. The van der Waals surface area contributed by atoms with Gasteiger partial charge in [-0.25, -0.2) is 9.37 Å². The summed E-state index contributed by atoms with van der Waals surface area (Å²) < 4.78 is 28.7. The van der Waals surface area contributed by atoms with Gasteiger partial charge in [0.05, 0.1) is 35.6 Å². The highest BCUT2D eigenvalue weighted by Gasteiger charge is 2.55. The second-order valence-corrected chi connectivity index (χ2v) is 10.7.